The van der Waals surface area contributed by atoms with Gasteiger partial charge in [-0.25, -0.2) is 13.4 Å². The molecule has 13 heteroatoms. The molecule has 0 radical (unpaired) electrons. The number of rotatable bonds is 5. The SMILES string of the molecule is CN=C(NCc1cnc(C)s1)NCC1CCN(S(=O)(=O)C(F)(F)F)CC1.I. The minimum Gasteiger partial charge on any atom is -0.356 e. The van der Waals surface area contributed by atoms with Crippen molar-refractivity contribution < 1.29 is 21.6 Å². The van der Waals surface area contributed by atoms with Gasteiger partial charge in [-0.1, -0.05) is 0 Å². The summed E-state index contributed by atoms with van der Waals surface area (Å²) in [5.74, 6) is 0.667. The number of sulfonamides is 1. The van der Waals surface area contributed by atoms with E-state index in [1.54, 1.807) is 24.6 Å². The molecule has 1 aromatic rings. The highest BCUT2D eigenvalue weighted by Crippen LogP contribution is 2.30. The molecule has 2 N–H and O–H groups in total. The smallest absolute Gasteiger partial charge is 0.356 e. The minimum absolute atomic E-state index is 0. The molecule has 0 saturated carbocycles. The van der Waals surface area contributed by atoms with E-state index in [-0.39, 0.29) is 43.0 Å². The molecule has 0 atom stereocenters. The highest BCUT2D eigenvalue weighted by Gasteiger charge is 2.50. The van der Waals surface area contributed by atoms with Crippen LogP contribution >= 0.6 is 35.3 Å². The topological polar surface area (TPSA) is 86.7 Å². The molecule has 1 aliphatic heterocycles. The zero-order valence-electron chi connectivity index (χ0n) is 14.9. The number of hydrogen-bond donors (Lipinski definition) is 2. The number of alkyl halides is 3. The second kappa shape index (κ2) is 10.2. The van der Waals surface area contributed by atoms with Gasteiger partial charge in [0.2, 0.25) is 0 Å². The number of aryl methyl sites for hydroxylation is 1. The molecule has 156 valence electrons. The quantitative estimate of drug-likeness (QED) is 0.340. The maximum Gasteiger partial charge on any atom is 0.511 e. The first-order valence-corrected chi connectivity index (χ1v) is 10.3. The first-order valence-electron chi connectivity index (χ1n) is 8.05. The Hall–Kier alpha value is -0.670. The summed E-state index contributed by atoms with van der Waals surface area (Å²) in [6.07, 6.45) is 2.53. The van der Waals surface area contributed by atoms with Gasteiger partial charge in [0.1, 0.15) is 0 Å². The molecule has 27 heavy (non-hydrogen) atoms. The van der Waals surface area contributed by atoms with Crippen LogP contribution in [-0.4, -0.2) is 55.9 Å². The summed E-state index contributed by atoms with van der Waals surface area (Å²) in [5, 5.41) is 7.26. The van der Waals surface area contributed by atoms with E-state index < -0.39 is 15.5 Å². The third kappa shape index (κ3) is 6.71. The fourth-order valence-electron chi connectivity index (χ4n) is 2.62. The molecule has 0 aromatic carbocycles. The van der Waals surface area contributed by atoms with Gasteiger partial charge < -0.3 is 10.6 Å². The van der Waals surface area contributed by atoms with Gasteiger partial charge in [-0.15, -0.1) is 35.3 Å². The number of aliphatic imine (C=N–C) groups is 1. The van der Waals surface area contributed by atoms with E-state index in [0.29, 0.717) is 36.2 Å². The Bertz CT molecular complexity index is 731. The lowest BCUT2D eigenvalue weighted by Gasteiger charge is -2.31. The molecule has 0 amide bonds. The average Bonchev–Trinajstić information content (AvgIpc) is 3.00. The van der Waals surface area contributed by atoms with Crippen LogP contribution in [0.15, 0.2) is 11.2 Å². The summed E-state index contributed by atoms with van der Waals surface area (Å²) >= 11 is 1.58. The minimum atomic E-state index is -5.24. The molecule has 1 aliphatic rings. The molecule has 2 heterocycles. The van der Waals surface area contributed by atoms with Gasteiger partial charge in [0, 0.05) is 37.8 Å². The maximum atomic E-state index is 12.6. The van der Waals surface area contributed by atoms with Crippen molar-refractivity contribution in [2.75, 3.05) is 26.7 Å². The standard InChI is InChI=1S/C14H22F3N5O2S2.HI/c1-10-19-8-12(25-10)9-21-13(18-2)20-7-11-3-5-22(6-4-11)26(23,24)14(15,16)17;/h8,11H,3-7,9H2,1-2H3,(H2,18,20,21);1H. The number of hydrogen-bond acceptors (Lipinski definition) is 5. The lowest BCUT2D eigenvalue weighted by molar-refractivity contribution is -0.0496. The largest absolute Gasteiger partial charge is 0.511 e. The average molecular weight is 541 g/mol. The van der Waals surface area contributed by atoms with Crippen LogP contribution in [0.5, 0.6) is 0 Å². The number of piperidine rings is 1. The lowest BCUT2D eigenvalue weighted by atomic mass is 9.98. The van der Waals surface area contributed by atoms with E-state index >= 15 is 0 Å². The summed E-state index contributed by atoms with van der Waals surface area (Å²) in [7, 11) is -3.59. The van der Waals surface area contributed by atoms with Crippen LogP contribution in [0.4, 0.5) is 13.2 Å². The summed E-state index contributed by atoms with van der Waals surface area (Å²) < 4.78 is 61.0. The monoisotopic (exact) mass is 541 g/mol. The molecule has 1 fully saturated rings. The molecule has 2 rings (SSSR count). The van der Waals surface area contributed by atoms with E-state index in [9.17, 15) is 21.6 Å². The summed E-state index contributed by atoms with van der Waals surface area (Å²) in [6, 6.07) is 0. The molecule has 0 spiro atoms. The van der Waals surface area contributed by atoms with E-state index in [4.69, 9.17) is 0 Å². The van der Waals surface area contributed by atoms with Gasteiger partial charge in [0.05, 0.1) is 11.6 Å². The third-order valence-electron chi connectivity index (χ3n) is 4.09. The predicted molar refractivity (Wildman–Crippen MR) is 110 cm³/mol. The van der Waals surface area contributed by atoms with Gasteiger partial charge in [0.15, 0.2) is 5.96 Å². The van der Waals surface area contributed by atoms with Gasteiger partial charge in [0.25, 0.3) is 0 Å². The maximum absolute atomic E-state index is 12.6. The Balaban J connectivity index is 0.00000364. The van der Waals surface area contributed by atoms with Crippen molar-refractivity contribution in [1.82, 2.24) is 19.9 Å². The molecule has 0 bridgehead atoms. The Morgan fingerprint density at radius 1 is 1.37 bits per heavy atom. The third-order valence-corrected chi connectivity index (χ3v) is 6.63. The summed E-state index contributed by atoms with van der Waals surface area (Å²) in [5.41, 5.74) is -5.24. The Kier molecular flexibility index (Phi) is 9.21. The second-order valence-electron chi connectivity index (χ2n) is 5.95. The van der Waals surface area contributed by atoms with Gasteiger partial charge in [-0.05, 0) is 25.7 Å². The highest BCUT2D eigenvalue weighted by molar-refractivity contribution is 14.0. The number of nitrogens with zero attached hydrogens (tertiary/aromatic N) is 3. The Morgan fingerprint density at radius 3 is 2.48 bits per heavy atom. The molecule has 7 nitrogen and oxygen atoms in total. The molecule has 0 aliphatic carbocycles. The molecule has 1 saturated heterocycles. The second-order valence-corrected chi connectivity index (χ2v) is 9.19. The van der Waals surface area contributed by atoms with Crippen molar-refractivity contribution in [2.45, 2.75) is 31.8 Å². The summed E-state index contributed by atoms with van der Waals surface area (Å²) in [6.45, 7) is 2.77. The highest BCUT2D eigenvalue weighted by atomic mass is 127. The molecular formula is C14H23F3IN5O2S2. The Labute approximate surface area is 177 Å². The van der Waals surface area contributed by atoms with Crippen molar-refractivity contribution in [3.8, 4) is 0 Å². The van der Waals surface area contributed by atoms with Crippen molar-refractivity contribution in [2.24, 2.45) is 10.9 Å². The van der Waals surface area contributed by atoms with Crippen LogP contribution in [0, 0.1) is 12.8 Å². The van der Waals surface area contributed by atoms with Crippen molar-refractivity contribution in [1.29, 1.82) is 0 Å². The van der Waals surface area contributed by atoms with Crippen LogP contribution in [0.1, 0.15) is 22.7 Å². The zero-order chi connectivity index (χ0) is 19.4. The van der Waals surface area contributed by atoms with Crippen LogP contribution in [-0.2, 0) is 16.6 Å². The van der Waals surface area contributed by atoms with E-state index in [0.717, 1.165) is 9.88 Å². The van der Waals surface area contributed by atoms with E-state index in [1.165, 1.54) is 0 Å². The van der Waals surface area contributed by atoms with Crippen LogP contribution in [0.2, 0.25) is 0 Å². The fourth-order valence-corrected chi connectivity index (χ4v) is 4.34. The van der Waals surface area contributed by atoms with Gasteiger partial charge in [-0.3, -0.25) is 4.99 Å². The number of guanidine groups is 1. The zero-order valence-corrected chi connectivity index (χ0v) is 18.9. The first kappa shape index (κ1) is 24.4. The predicted octanol–water partition coefficient (Wildman–Crippen LogP) is 2.30. The normalized spacial score (nSPS) is 17.4. The van der Waals surface area contributed by atoms with Gasteiger partial charge >= 0.3 is 15.5 Å². The number of halogens is 4. The number of nitrogens with one attached hydrogen (secondary N) is 2. The van der Waals surface area contributed by atoms with Crippen LogP contribution in [0.3, 0.4) is 0 Å². The van der Waals surface area contributed by atoms with Crippen LogP contribution < -0.4 is 10.6 Å². The van der Waals surface area contributed by atoms with E-state index in [2.05, 4.69) is 20.6 Å². The van der Waals surface area contributed by atoms with Crippen molar-refractivity contribution >= 4 is 51.3 Å². The molecular weight excluding hydrogens is 518 g/mol. The lowest BCUT2D eigenvalue weighted by Crippen LogP contribution is -2.47. The van der Waals surface area contributed by atoms with Crippen molar-refractivity contribution in [3.05, 3.63) is 16.1 Å². The van der Waals surface area contributed by atoms with Gasteiger partial charge in [-0.2, -0.15) is 17.5 Å². The fraction of sp³-hybridized carbons (Fsp3) is 0.714. The van der Waals surface area contributed by atoms with E-state index in [1.807, 2.05) is 6.92 Å². The van der Waals surface area contributed by atoms with Crippen molar-refractivity contribution in [3.63, 3.8) is 0 Å². The number of aromatic nitrogens is 1. The Morgan fingerprint density at radius 2 is 2.00 bits per heavy atom. The first-order chi connectivity index (χ1) is 12.1. The molecule has 0 unspecified atom stereocenters. The molecule has 1 aromatic heterocycles. The van der Waals surface area contributed by atoms with Crippen LogP contribution in [0.25, 0.3) is 0 Å². The summed E-state index contributed by atoms with van der Waals surface area (Å²) in [4.78, 5) is 9.34. The number of thiazole rings is 1.